The maximum atomic E-state index is 11.0. The van der Waals surface area contributed by atoms with Gasteiger partial charge in [0.05, 0.1) is 21.6 Å². The third-order valence-electron chi connectivity index (χ3n) is 6.07. The van der Waals surface area contributed by atoms with E-state index in [2.05, 4.69) is 34.2 Å². The minimum absolute atomic E-state index is 0.0773. The average Bonchev–Trinajstić information content (AvgIpc) is 3.35. The highest BCUT2D eigenvalue weighted by Crippen LogP contribution is 2.35. The SMILES string of the molecule is O=[N+]([O-])c1ccc(O)c(C=Nc2cccc(-c3nc4c5ccccc5c5ccccc5c4[nH]3)c2)c1. The molecule has 0 fully saturated rings. The molecule has 0 spiro atoms. The Labute approximate surface area is 199 Å². The Hall–Kier alpha value is -5.04. The number of phenols is 1. The van der Waals surface area contributed by atoms with E-state index >= 15 is 0 Å². The van der Waals surface area contributed by atoms with Gasteiger partial charge in [0.2, 0.25) is 0 Å². The van der Waals surface area contributed by atoms with E-state index in [0.29, 0.717) is 5.69 Å². The molecule has 0 amide bonds. The minimum atomic E-state index is -0.508. The van der Waals surface area contributed by atoms with Crippen molar-refractivity contribution in [2.45, 2.75) is 0 Å². The van der Waals surface area contributed by atoms with E-state index in [1.165, 1.54) is 29.8 Å². The van der Waals surface area contributed by atoms with Gasteiger partial charge in [0.1, 0.15) is 11.6 Å². The van der Waals surface area contributed by atoms with Crippen molar-refractivity contribution in [3.05, 3.63) is 107 Å². The van der Waals surface area contributed by atoms with Crippen LogP contribution in [0.15, 0.2) is 96.0 Å². The van der Waals surface area contributed by atoms with Crippen molar-refractivity contribution in [3.8, 4) is 17.1 Å². The van der Waals surface area contributed by atoms with Crippen LogP contribution >= 0.6 is 0 Å². The molecule has 2 N–H and O–H groups in total. The quantitative estimate of drug-likeness (QED) is 0.130. The zero-order chi connectivity index (χ0) is 23.9. The summed E-state index contributed by atoms with van der Waals surface area (Å²) >= 11 is 0. The maximum absolute atomic E-state index is 11.0. The molecule has 0 aliphatic carbocycles. The van der Waals surface area contributed by atoms with Gasteiger partial charge in [0.15, 0.2) is 0 Å². The molecular weight excluding hydrogens is 440 g/mol. The zero-order valence-electron chi connectivity index (χ0n) is 18.3. The van der Waals surface area contributed by atoms with Gasteiger partial charge in [-0.2, -0.15) is 0 Å². The largest absolute Gasteiger partial charge is 0.507 e. The first-order valence-electron chi connectivity index (χ1n) is 11.0. The van der Waals surface area contributed by atoms with Gasteiger partial charge in [-0.25, -0.2) is 4.98 Å². The predicted octanol–water partition coefficient (Wildman–Crippen LogP) is 6.90. The highest BCUT2D eigenvalue weighted by atomic mass is 16.6. The molecule has 168 valence electrons. The Bertz CT molecular complexity index is 1730. The van der Waals surface area contributed by atoms with Crippen LogP contribution in [0.2, 0.25) is 0 Å². The number of nitro groups is 1. The van der Waals surface area contributed by atoms with E-state index < -0.39 is 4.92 Å². The molecule has 0 aliphatic heterocycles. The van der Waals surface area contributed by atoms with Gasteiger partial charge in [-0.05, 0) is 29.0 Å². The Balaban J connectivity index is 1.45. The number of H-pyrrole nitrogens is 1. The fourth-order valence-corrected chi connectivity index (χ4v) is 4.40. The summed E-state index contributed by atoms with van der Waals surface area (Å²) in [5, 5.41) is 25.6. The lowest BCUT2D eigenvalue weighted by Gasteiger charge is -2.05. The molecule has 0 saturated carbocycles. The number of benzene rings is 5. The predicted molar refractivity (Wildman–Crippen MR) is 139 cm³/mol. The maximum Gasteiger partial charge on any atom is 0.270 e. The van der Waals surface area contributed by atoms with E-state index in [0.717, 1.165) is 38.6 Å². The Morgan fingerprint density at radius 3 is 2.34 bits per heavy atom. The van der Waals surface area contributed by atoms with Gasteiger partial charge >= 0.3 is 0 Å². The monoisotopic (exact) mass is 458 g/mol. The molecular formula is C28H18N4O3. The highest BCUT2D eigenvalue weighted by molar-refractivity contribution is 6.23. The number of phenolic OH excluding ortho intramolecular Hbond substituents is 1. The minimum Gasteiger partial charge on any atom is -0.507 e. The van der Waals surface area contributed by atoms with E-state index in [1.54, 1.807) is 0 Å². The number of aromatic amines is 1. The van der Waals surface area contributed by atoms with Crippen molar-refractivity contribution in [2.75, 3.05) is 0 Å². The third kappa shape index (κ3) is 3.55. The lowest BCUT2D eigenvalue weighted by atomic mass is 10.0. The number of imidazole rings is 1. The summed E-state index contributed by atoms with van der Waals surface area (Å²) in [7, 11) is 0. The molecule has 7 heteroatoms. The number of non-ortho nitro benzene ring substituents is 1. The lowest BCUT2D eigenvalue weighted by molar-refractivity contribution is -0.384. The summed E-state index contributed by atoms with van der Waals surface area (Å²) in [6.07, 6.45) is 1.42. The number of aromatic nitrogens is 2. The standard InChI is InChI=1S/C28H18N4O3/c33-25-13-12-20(32(34)35)15-18(25)16-29-19-7-5-6-17(14-19)28-30-26-23-10-3-1-8-21(23)22-9-2-4-11-24(22)27(26)31-28/h1-16,33H,(H,30,31). The van der Waals surface area contributed by atoms with E-state index in [9.17, 15) is 15.2 Å². The van der Waals surface area contributed by atoms with Crippen LogP contribution in [0.4, 0.5) is 11.4 Å². The van der Waals surface area contributed by atoms with Crippen molar-refractivity contribution in [1.82, 2.24) is 9.97 Å². The summed E-state index contributed by atoms with van der Waals surface area (Å²) < 4.78 is 0. The Kier molecular flexibility index (Phi) is 4.74. The molecule has 0 radical (unpaired) electrons. The molecule has 0 bridgehead atoms. The van der Waals surface area contributed by atoms with Crippen LogP contribution in [0.25, 0.3) is 44.0 Å². The van der Waals surface area contributed by atoms with Crippen molar-refractivity contribution < 1.29 is 10.0 Å². The van der Waals surface area contributed by atoms with Crippen LogP contribution < -0.4 is 0 Å². The number of rotatable bonds is 4. The van der Waals surface area contributed by atoms with Gasteiger partial charge < -0.3 is 10.1 Å². The van der Waals surface area contributed by atoms with E-state index in [-0.39, 0.29) is 17.0 Å². The van der Waals surface area contributed by atoms with Gasteiger partial charge in [0, 0.05) is 40.2 Å². The molecule has 1 heterocycles. The number of nitro benzene ring substituents is 1. The number of nitrogens with one attached hydrogen (secondary N) is 1. The topological polar surface area (TPSA) is 104 Å². The lowest BCUT2D eigenvalue weighted by Crippen LogP contribution is -1.90. The normalized spacial score (nSPS) is 11.7. The van der Waals surface area contributed by atoms with Crippen LogP contribution in [-0.2, 0) is 0 Å². The van der Waals surface area contributed by atoms with Crippen LogP contribution in [0, 0.1) is 10.1 Å². The van der Waals surface area contributed by atoms with Crippen molar-refractivity contribution in [1.29, 1.82) is 0 Å². The van der Waals surface area contributed by atoms with Gasteiger partial charge in [0.25, 0.3) is 5.69 Å². The molecule has 7 nitrogen and oxygen atoms in total. The number of nitrogens with zero attached hydrogens (tertiary/aromatic N) is 3. The number of fused-ring (bicyclic) bond motifs is 6. The number of aliphatic imine (C=N–C) groups is 1. The molecule has 0 unspecified atom stereocenters. The first-order valence-corrected chi connectivity index (χ1v) is 11.0. The van der Waals surface area contributed by atoms with Crippen LogP contribution in [0.3, 0.4) is 0 Å². The van der Waals surface area contributed by atoms with Crippen molar-refractivity contribution in [3.63, 3.8) is 0 Å². The fraction of sp³-hybridized carbons (Fsp3) is 0. The van der Waals surface area contributed by atoms with Crippen LogP contribution in [0.1, 0.15) is 5.56 Å². The number of hydrogen-bond acceptors (Lipinski definition) is 5. The zero-order valence-corrected chi connectivity index (χ0v) is 18.3. The molecule has 5 aromatic carbocycles. The second-order valence-electron chi connectivity index (χ2n) is 8.21. The second kappa shape index (κ2) is 8.07. The van der Waals surface area contributed by atoms with E-state index in [1.807, 2.05) is 48.5 Å². The van der Waals surface area contributed by atoms with E-state index in [4.69, 9.17) is 4.98 Å². The second-order valence-corrected chi connectivity index (χ2v) is 8.21. The molecule has 1 aromatic heterocycles. The highest BCUT2D eigenvalue weighted by Gasteiger charge is 2.14. The molecule has 0 atom stereocenters. The Morgan fingerprint density at radius 2 is 1.57 bits per heavy atom. The van der Waals surface area contributed by atoms with Gasteiger partial charge in [-0.3, -0.25) is 15.1 Å². The smallest absolute Gasteiger partial charge is 0.270 e. The summed E-state index contributed by atoms with van der Waals surface area (Å²) in [4.78, 5) is 23.4. The summed E-state index contributed by atoms with van der Waals surface area (Å²) in [5.41, 5.74) is 3.52. The number of hydrogen-bond donors (Lipinski definition) is 2. The molecule has 6 aromatic rings. The fourth-order valence-electron chi connectivity index (χ4n) is 4.40. The number of aromatic hydroxyl groups is 1. The molecule has 6 rings (SSSR count). The molecule has 35 heavy (non-hydrogen) atoms. The van der Waals surface area contributed by atoms with Crippen LogP contribution in [-0.4, -0.2) is 26.2 Å². The Morgan fingerprint density at radius 1 is 0.857 bits per heavy atom. The first-order chi connectivity index (χ1) is 17.1. The summed E-state index contributed by atoms with van der Waals surface area (Å²) in [6, 6.07) is 27.9. The van der Waals surface area contributed by atoms with Gasteiger partial charge in [-0.15, -0.1) is 0 Å². The first kappa shape index (κ1) is 20.6. The summed E-state index contributed by atoms with van der Waals surface area (Å²) in [6.45, 7) is 0. The third-order valence-corrected chi connectivity index (χ3v) is 6.07. The van der Waals surface area contributed by atoms with Gasteiger partial charge in [-0.1, -0.05) is 60.7 Å². The van der Waals surface area contributed by atoms with Crippen LogP contribution in [0.5, 0.6) is 5.75 Å². The molecule has 0 saturated heterocycles. The summed E-state index contributed by atoms with van der Waals surface area (Å²) in [5.74, 6) is 0.642. The van der Waals surface area contributed by atoms with Crippen molar-refractivity contribution >= 4 is 50.2 Å². The van der Waals surface area contributed by atoms with Crippen molar-refractivity contribution in [2.24, 2.45) is 4.99 Å². The molecule has 0 aliphatic rings. The average molecular weight is 458 g/mol.